The molecule has 2 heterocycles. The van der Waals surface area contributed by atoms with E-state index < -0.39 is 0 Å². The SMILES string of the molecule is Oc1cc2c(cc1C(c1ccc(Cl)cc1)N1CCOCC1)OCO2. The molecule has 0 amide bonds. The molecule has 1 atom stereocenters. The number of hydrogen-bond acceptors (Lipinski definition) is 5. The van der Waals surface area contributed by atoms with E-state index in [9.17, 15) is 5.11 Å². The molecule has 0 aliphatic carbocycles. The van der Waals surface area contributed by atoms with Crippen LogP contribution in [0.5, 0.6) is 17.2 Å². The molecule has 0 spiro atoms. The number of ether oxygens (including phenoxy) is 3. The van der Waals surface area contributed by atoms with E-state index in [-0.39, 0.29) is 18.6 Å². The minimum Gasteiger partial charge on any atom is -0.507 e. The van der Waals surface area contributed by atoms with Gasteiger partial charge in [-0.3, -0.25) is 4.90 Å². The van der Waals surface area contributed by atoms with Gasteiger partial charge in [-0.05, 0) is 23.8 Å². The molecule has 1 saturated heterocycles. The molecule has 126 valence electrons. The van der Waals surface area contributed by atoms with Crippen LogP contribution in [0.1, 0.15) is 17.2 Å². The van der Waals surface area contributed by atoms with Gasteiger partial charge in [0, 0.05) is 29.7 Å². The quantitative estimate of drug-likeness (QED) is 0.924. The molecule has 0 saturated carbocycles. The Morgan fingerprint density at radius 1 is 1.00 bits per heavy atom. The highest BCUT2D eigenvalue weighted by atomic mass is 35.5. The summed E-state index contributed by atoms with van der Waals surface area (Å²) in [6.07, 6.45) is 0. The minimum atomic E-state index is -0.0966. The lowest BCUT2D eigenvalue weighted by Crippen LogP contribution is -2.39. The predicted molar refractivity (Wildman–Crippen MR) is 89.9 cm³/mol. The van der Waals surface area contributed by atoms with Crippen molar-refractivity contribution in [1.29, 1.82) is 0 Å². The fraction of sp³-hybridized carbons (Fsp3) is 0.333. The number of rotatable bonds is 3. The van der Waals surface area contributed by atoms with Crippen molar-refractivity contribution in [2.75, 3.05) is 33.1 Å². The van der Waals surface area contributed by atoms with Crippen molar-refractivity contribution in [3.63, 3.8) is 0 Å². The molecule has 2 aliphatic heterocycles. The summed E-state index contributed by atoms with van der Waals surface area (Å²) >= 11 is 6.04. The molecule has 0 radical (unpaired) electrons. The monoisotopic (exact) mass is 347 g/mol. The Kier molecular flexibility index (Phi) is 4.22. The van der Waals surface area contributed by atoms with Crippen LogP contribution in [0.2, 0.25) is 5.02 Å². The third kappa shape index (κ3) is 2.90. The Morgan fingerprint density at radius 3 is 2.38 bits per heavy atom. The third-order valence-electron chi connectivity index (χ3n) is 4.41. The maximum atomic E-state index is 10.6. The van der Waals surface area contributed by atoms with Gasteiger partial charge in [-0.2, -0.15) is 0 Å². The first kappa shape index (κ1) is 15.6. The second kappa shape index (κ2) is 6.51. The van der Waals surface area contributed by atoms with Crippen LogP contribution in [0.4, 0.5) is 0 Å². The zero-order valence-corrected chi connectivity index (χ0v) is 13.8. The second-order valence-corrected chi connectivity index (χ2v) is 6.30. The summed E-state index contributed by atoms with van der Waals surface area (Å²) in [6, 6.07) is 11.1. The van der Waals surface area contributed by atoms with E-state index in [4.69, 9.17) is 25.8 Å². The molecule has 2 aliphatic rings. The summed E-state index contributed by atoms with van der Waals surface area (Å²) in [5.74, 6) is 1.44. The van der Waals surface area contributed by atoms with E-state index in [1.54, 1.807) is 6.07 Å². The van der Waals surface area contributed by atoms with Crippen molar-refractivity contribution >= 4 is 11.6 Å². The van der Waals surface area contributed by atoms with Crippen molar-refractivity contribution in [1.82, 2.24) is 4.90 Å². The molecule has 2 aromatic carbocycles. The molecule has 1 N–H and O–H groups in total. The van der Waals surface area contributed by atoms with Crippen molar-refractivity contribution in [3.8, 4) is 17.2 Å². The average Bonchev–Trinajstić information content (AvgIpc) is 3.05. The van der Waals surface area contributed by atoms with Gasteiger partial charge in [-0.25, -0.2) is 0 Å². The van der Waals surface area contributed by atoms with E-state index in [1.165, 1.54) is 0 Å². The highest BCUT2D eigenvalue weighted by molar-refractivity contribution is 6.30. The standard InChI is InChI=1S/C18H18ClNO4/c19-13-3-1-12(2-4-13)18(20-5-7-22-8-6-20)14-9-16-17(10-15(14)21)24-11-23-16/h1-4,9-10,18,21H,5-8,11H2. The summed E-state index contributed by atoms with van der Waals surface area (Å²) in [6.45, 7) is 3.12. The van der Waals surface area contributed by atoms with Crippen molar-refractivity contribution in [3.05, 3.63) is 52.5 Å². The fourth-order valence-electron chi connectivity index (χ4n) is 3.23. The molecule has 0 bridgehead atoms. The number of phenolic OH excluding ortho intramolecular Hbond substituents is 1. The molecule has 4 rings (SSSR count). The molecular weight excluding hydrogens is 330 g/mol. The van der Waals surface area contributed by atoms with Crippen molar-refractivity contribution in [2.24, 2.45) is 0 Å². The van der Waals surface area contributed by atoms with E-state index in [0.29, 0.717) is 29.7 Å². The highest BCUT2D eigenvalue weighted by Crippen LogP contribution is 2.43. The van der Waals surface area contributed by atoms with Gasteiger partial charge in [-0.15, -0.1) is 0 Å². The van der Waals surface area contributed by atoms with Gasteiger partial charge in [0.1, 0.15) is 5.75 Å². The van der Waals surface area contributed by atoms with Crippen LogP contribution in [0.15, 0.2) is 36.4 Å². The number of halogens is 1. The van der Waals surface area contributed by atoms with Crippen molar-refractivity contribution < 1.29 is 19.3 Å². The van der Waals surface area contributed by atoms with Gasteiger partial charge in [0.25, 0.3) is 0 Å². The number of nitrogens with zero attached hydrogens (tertiary/aromatic N) is 1. The van der Waals surface area contributed by atoms with Crippen molar-refractivity contribution in [2.45, 2.75) is 6.04 Å². The number of benzene rings is 2. The molecular formula is C18H18ClNO4. The van der Waals surface area contributed by atoms with E-state index in [0.717, 1.165) is 24.2 Å². The van der Waals surface area contributed by atoms with Crippen LogP contribution in [-0.4, -0.2) is 43.1 Å². The maximum absolute atomic E-state index is 10.6. The second-order valence-electron chi connectivity index (χ2n) is 5.87. The summed E-state index contributed by atoms with van der Waals surface area (Å²) in [4.78, 5) is 2.30. The van der Waals surface area contributed by atoms with Crippen LogP contribution in [0.25, 0.3) is 0 Å². The predicted octanol–water partition coefficient (Wildman–Crippen LogP) is 3.20. The smallest absolute Gasteiger partial charge is 0.231 e. The number of hydrogen-bond donors (Lipinski definition) is 1. The molecule has 0 aromatic heterocycles. The van der Waals surface area contributed by atoms with Gasteiger partial charge in [0.05, 0.1) is 19.3 Å². The fourth-order valence-corrected chi connectivity index (χ4v) is 3.36. The van der Waals surface area contributed by atoms with E-state index in [2.05, 4.69) is 4.90 Å². The zero-order valence-electron chi connectivity index (χ0n) is 13.1. The average molecular weight is 348 g/mol. The van der Waals surface area contributed by atoms with Gasteiger partial charge in [0.15, 0.2) is 11.5 Å². The van der Waals surface area contributed by atoms with Gasteiger partial charge in [0.2, 0.25) is 6.79 Å². The molecule has 1 fully saturated rings. The third-order valence-corrected chi connectivity index (χ3v) is 4.67. The molecule has 5 nitrogen and oxygen atoms in total. The molecule has 1 unspecified atom stereocenters. The van der Waals surface area contributed by atoms with Crippen LogP contribution in [-0.2, 0) is 4.74 Å². The summed E-state index contributed by atoms with van der Waals surface area (Å²) < 4.78 is 16.3. The molecule has 6 heteroatoms. The number of fused-ring (bicyclic) bond motifs is 1. The van der Waals surface area contributed by atoms with Crippen LogP contribution in [0, 0.1) is 0 Å². The lowest BCUT2D eigenvalue weighted by atomic mass is 9.95. The largest absolute Gasteiger partial charge is 0.507 e. The Balaban J connectivity index is 1.78. The highest BCUT2D eigenvalue weighted by Gasteiger charge is 2.29. The Bertz CT molecular complexity index is 729. The minimum absolute atomic E-state index is 0.0966. The van der Waals surface area contributed by atoms with E-state index in [1.807, 2.05) is 30.3 Å². The maximum Gasteiger partial charge on any atom is 0.231 e. The Morgan fingerprint density at radius 2 is 1.67 bits per heavy atom. The molecule has 24 heavy (non-hydrogen) atoms. The topological polar surface area (TPSA) is 51.2 Å². The van der Waals surface area contributed by atoms with E-state index >= 15 is 0 Å². The summed E-state index contributed by atoms with van der Waals surface area (Å²) in [5.41, 5.74) is 1.86. The van der Waals surface area contributed by atoms with Gasteiger partial charge < -0.3 is 19.3 Å². The first-order valence-corrected chi connectivity index (χ1v) is 8.30. The first-order valence-electron chi connectivity index (χ1n) is 7.92. The van der Waals surface area contributed by atoms with Crippen LogP contribution in [0.3, 0.4) is 0 Å². The number of morpholine rings is 1. The van der Waals surface area contributed by atoms with Crippen LogP contribution >= 0.6 is 11.6 Å². The number of phenols is 1. The number of aromatic hydroxyl groups is 1. The lowest BCUT2D eigenvalue weighted by Gasteiger charge is -2.35. The normalized spacial score (nSPS) is 18.5. The Hall–Kier alpha value is -1.95. The van der Waals surface area contributed by atoms with Gasteiger partial charge >= 0.3 is 0 Å². The van der Waals surface area contributed by atoms with Crippen LogP contribution < -0.4 is 9.47 Å². The lowest BCUT2D eigenvalue weighted by molar-refractivity contribution is 0.0235. The Labute approximate surface area is 145 Å². The first-order chi connectivity index (χ1) is 11.7. The molecule has 2 aromatic rings. The summed E-state index contributed by atoms with van der Waals surface area (Å²) in [7, 11) is 0. The zero-order chi connectivity index (χ0) is 16.5. The summed E-state index contributed by atoms with van der Waals surface area (Å²) in [5, 5.41) is 11.3. The van der Waals surface area contributed by atoms with Gasteiger partial charge in [-0.1, -0.05) is 23.7 Å².